The smallest absolute Gasteiger partial charge is 0.0391 e. The number of hydrogen-bond donors (Lipinski definition) is 1. The summed E-state index contributed by atoms with van der Waals surface area (Å²) >= 11 is 0. The maximum atomic E-state index is 12.1. The van der Waals surface area contributed by atoms with Crippen molar-refractivity contribution in [3.8, 4) is 0 Å². The van der Waals surface area contributed by atoms with Crippen LogP contribution in [0.3, 0.4) is 0 Å². The molecule has 2 atom stereocenters. The van der Waals surface area contributed by atoms with E-state index in [4.69, 9.17) is 0 Å². The molecule has 15 heavy (non-hydrogen) atoms. The molecule has 0 amide bonds. The van der Waals surface area contributed by atoms with E-state index in [1.165, 1.54) is 32.1 Å². The largest absolute Gasteiger partial charge is 0.313 e. The molecule has 0 heterocycles. The molecule has 0 aliphatic heterocycles. The highest BCUT2D eigenvalue weighted by molar-refractivity contribution is 7.85. The zero-order chi connectivity index (χ0) is 11.1. The van der Waals surface area contributed by atoms with Gasteiger partial charge in [-0.2, -0.15) is 0 Å². The molecule has 1 aliphatic carbocycles. The third kappa shape index (κ3) is 4.64. The fraction of sp³-hybridized carbons (Fsp3) is 1.00. The summed E-state index contributed by atoms with van der Waals surface area (Å²) < 4.78 is 12.1. The molecule has 0 radical (unpaired) electrons. The van der Waals surface area contributed by atoms with Crippen molar-refractivity contribution in [2.45, 2.75) is 63.7 Å². The van der Waals surface area contributed by atoms with Crippen molar-refractivity contribution in [1.29, 1.82) is 0 Å². The van der Waals surface area contributed by atoms with Crippen LogP contribution < -0.4 is 5.32 Å². The van der Waals surface area contributed by atoms with E-state index in [1.54, 1.807) is 0 Å². The molecule has 1 saturated carbocycles. The Balaban J connectivity index is 2.31. The first-order chi connectivity index (χ1) is 7.27. The van der Waals surface area contributed by atoms with Gasteiger partial charge in [-0.15, -0.1) is 0 Å². The van der Waals surface area contributed by atoms with Gasteiger partial charge in [-0.1, -0.05) is 33.1 Å². The lowest BCUT2D eigenvalue weighted by atomic mass is 10.0. The van der Waals surface area contributed by atoms with Gasteiger partial charge in [0, 0.05) is 27.8 Å². The summed E-state index contributed by atoms with van der Waals surface area (Å²) in [5, 5.41) is 3.90. The Kier molecular flexibility index (Phi) is 6.50. The molecule has 1 fully saturated rings. The minimum Gasteiger partial charge on any atom is -0.313 e. The summed E-state index contributed by atoms with van der Waals surface area (Å²) in [6.07, 6.45) is 7.39. The van der Waals surface area contributed by atoms with Crippen molar-refractivity contribution >= 4 is 10.8 Å². The molecule has 1 aliphatic rings. The summed E-state index contributed by atoms with van der Waals surface area (Å²) in [5.41, 5.74) is 0. The molecule has 90 valence electrons. The van der Waals surface area contributed by atoms with Crippen LogP contribution in [0.5, 0.6) is 0 Å². The lowest BCUT2D eigenvalue weighted by molar-refractivity contribution is 0.498. The van der Waals surface area contributed by atoms with E-state index in [-0.39, 0.29) is 0 Å². The second-order valence-electron chi connectivity index (χ2n) is 4.47. The molecule has 2 unspecified atom stereocenters. The second-order valence-corrected chi connectivity index (χ2v) is 6.23. The highest BCUT2D eigenvalue weighted by atomic mass is 32.2. The minimum absolute atomic E-state index is 0.456. The third-order valence-corrected chi connectivity index (χ3v) is 5.22. The van der Waals surface area contributed by atoms with Crippen molar-refractivity contribution in [2.24, 2.45) is 0 Å². The van der Waals surface area contributed by atoms with E-state index in [2.05, 4.69) is 19.2 Å². The Morgan fingerprint density at radius 2 is 1.93 bits per heavy atom. The predicted molar refractivity (Wildman–Crippen MR) is 67.6 cm³/mol. The van der Waals surface area contributed by atoms with Crippen LogP contribution in [-0.4, -0.2) is 27.8 Å². The standard InChI is InChI=1S/C12H25NOS/c1-3-11(13-4-2)10-15(14)12-8-6-5-7-9-12/h11-13H,3-10H2,1-2H3. The molecule has 0 spiro atoms. The Morgan fingerprint density at radius 1 is 1.27 bits per heavy atom. The molecule has 1 rings (SSSR count). The van der Waals surface area contributed by atoms with E-state index >= 15 is 0 Å². The summed E-state index contributed by atoms with van der Waals surface area (Å²) in [7, 11) is -0.600. The van der Waals surface area contributed by atoms with Gasteiger partial charge in [-0.25, -0.2) is 0 Å². The van der Waals surface area contributed by atoms with Gasteiger partial charge in [0.15, 0.2) is 0 Å². The van der Waals surface area contributed by atoms with Crippen LogP contribution in [0.25, 0.3) is 0 Å². The fourth-order valence-corrected chi connectivity index (χ4v) is 4.15. The third-order valence-electron chi connectivity index (χ3n) is 3.28. The van der Waals surface area contributed by atoms with Crippen molar-refractivity contribution in [2.75, 3.05) is 12.3 Å². The van der Waals surface area contributed by atoms with Gasteiger partial charge in [-0.3, -0.25) is 4.21 Å². The molecule has 2 nitrogen and oxygen atoms in total. The van der Waals surface area contributed by atoms with E-state index in [9.17, 15) is 4.21 Å². The first-order valence-corrected chi connectivity index (χ1v) is 7.76. The Hall–Kier alpha value is 0.110. The number of hydrogen-bond acceptors (Lipinski definition) is 2. The SMILES string of the molecule is CCNC(CC)CS(=O)C1CCCCC1. The van der Waals surface area contributed by atoms with Crippen molar-refractivity contribution < 1.29 is 4.21 Å². The van der Waals surface area contributed by atoms with Gasteiger partial charge in [0.05, 0.1) is 0 Å². The Bertz CT molecular complexity index is 190. The van der Waals surface area contributed by atoms with Crippen LogP contribution in [0.15, 0.2) is 0 Å². The van der Waals surface area contributed by atoms with E-state index < -0.39 is 10.8 Å². The summed E-state index contributed by atoms with van der Waals surface area (Å²) in [6, 6.07) is 0.456. The summed E-state index contributed by atoms with van der Waals surface area (Å²) in [5.74, 6) is 0.856. The Labute approximate surface area is 96.7 Å². The summed E-state index contributed by atoms with van der Waals surface area (Å²) in [4.78, 5) is 0. The molecule has 0 bridgehead atoms. The number of rotatable bonds is 6. The first kappa shape index (κ1) is 13.2. The highest BCUT2D eigenvalue weighted by Gasteiger charge is 2.21. The second kappa shape index (κ2) is 7.39. The predicted octanol–water partition coefficient (Wildman–Crippen LogP) is 2.46. The number of nitrogens with one attached hydrogen (secondary N) is 1. The average Bonchev–Trinajstić information content (AvgIpc) is 2.29. The molecule has 0 saturated heterocycles. The van der Waals surface area contributed by atoms with Crippen LogP contribution in [0.4, 0.5) is 0 Å². The fourth-order valence-electron chi connectivity index (χ4n) is 2.27. The van der Waals surface area contributed by atoms with Gasteiger partial charge in [-0.05, 0) is 25.8 Å². The summed E-state index contributed by atoms with van der Waals surface area (Å²) in [6.45, 7) is 5.28. The first-order valence-electron chi connectivity index (χ1n) is 6.38. The van der Waals surface area contributed by atoms with Crippen molar-refractivity contribution in [3.05, 3.63) is 0 Å². The molecule has 0 aromatic rings. The van der Waals surface area contributed by atoms with E-state index in [1.807, 2.05) is 0 Å². The monoisotopic (exact) mass is 231 g/mol. The minimum atomic E-state index is -0.600. The normalized spacial score (nSPS) is 22.5. The lowest BCUT2D eigenvalue weighted by Gasteiger charge is -2.23. The van der Waals surface area contributed by atoms with Crippen LogP contribution >= 0.6 is 0 Å². The molecule has 0 aromatic carbocycles. The topological polar surface area (TPSA) is 29.1 Å². The maximum Gasteiger partial charge on any atom is 0.0391 e. The molecular formula is C12H25NOS. The van der Waals surface area contributed by atoms with Crippen LogP contribution in [0, 0.1) is 0 Å². The quantitative estimate of drug-likeness (QED) is 0.761. The molecule has 3 heteroatoms. The zero-order valence-electron chi connectivity index (χ0n) is 10.1. The van der Waals surface area contributed by atoms with Gasteiger partial charge in [0.1, 0.15) is 0 Å². The Morgan fingerprint density at radius 3 is 2.47 bits per heavy atom. The van der Waals surface area contributed by atoms with Crippen molar-refractivity contribution in [1.82, 2.24) is 5.32 Å². The zero-order valence-corrected chi connectivity index (χ0v) is 10.9. The lowest BCUT2D eigenvalue weighted by Crippen LogP contribution is -2.36. The van der Waals surface area contributed by atoms with Crippen LogP contribution in [0.2, 0.25) is 0 Å². The van der Waals surface area contributed by atoms with Gasteiger partial charge >= 0.3 is 0 Å². The van der Waals surface area contributed by atoms with Gasteiger partial charge in [0.25, 0.3) is 0 Å². The highest BCUT2D eigenvalue weighted by Crippen LogP contribution is 2.22. The van der Waals surface area contributed by atoms with Crippen LogP contribution in [-0.2, 0) is 10.8 Å². The van der Waals surface area contributed by atoms with Crippen LogP contribution in [0.1, 0.15) is 52.4 Å². The van der Waals surface area contributed by atoms with Gasteiger partial charge in [0.2, 0.25) is 0 Å². The van der Waals surface area contributed by atoms with E-state index in [0.29, 0.717) is 11.3 Å². The molecule has 1 N–H and O–H groups in total. The maximum absolute atomic E-state index is 12.1. The van der Waals surface area contributed by atoms with E-state index in [0.717, 1.165) is 18.7 Å². The molecular weight excluding hydrogens is 206 g/mol. The molecule has 0 aromatic heterocycles. The average molecular weight is 231 g/mol. The van der Waals surface area contributed by atoms with Gasteiger partial charge < -0.3 is 5.32 Å². The van der Waals surface area contributed by atoms with Crippen molar-refractivity contribution in [3.63, 3.8) is 0 Å².